The Labute approximate surface area is 318 Å². The molecule has 0 aromatic heterocycles. The number of ether oxygens (including phenoxy) is 2. The summed E-state index contributed by atoms with van der Waals surface area (Å²) in [5.41, 5.74) is 1.29. The number of aliphatic hydroxyl groups is 1. The van der Waals surface area contributed by atoms with Crippen LogP contribution in [0.25, 0.3) is 0 Å². The van der Waals surface area contributed by atoms with Crippen molar-refractivity contribution in [3.63, 3.8) is 0 Å². The topological polar surface area (TPSA) is 134 Å². The van der Waals surface area contributed by atoms with Gasteiger partial charge in [-0.1, -0.05) is 98.3 Å². The maximum Gasteiger partial charge on any atom is 0.410 e. The van der Waals surface area contributed by atoms with E-state index in [2.05, 4.69) is 10.0 Å². The fourth-order valence-electron chi connectivity index (χ4n) is 6.04. The minimum atomic E-state index is -4.08. The first-order valence-corrected chi connectivity index (χ1v) is 19.8. The number of carbonyl (C=O) groups is 2. The third-order valence-corrected chi connectivity index (χ3v) is 10.2. The zero-order valence-corrected chi connectivity index (χ0v) is 32.2. The highest BCUT2D eigenvalue weighted by Crippen LogP contribution is 2.32. The fraction of sp³-hybridized carbons (Fsp3) is 0.381. The number of carbonyl (C=O) groups excluding carboxylic acids is 2. The molecule has 0 saturated heterocycles. The third-order valence-electron chi connectivity index (χ3n) is 8.63. The molecule has 10 nitrogen and oxygen atoms in total. The molecule has 0 aliphatic rings. The lowest BCUT2D eigenvalue weighted by Crippen LogP contribution is -2.48. The van der Waals surface area contributed by atoms with Gasteiger partial charge < -0.3 is 24.8 Å². The molecule has 2 amide bonds. The molecule has 3 N–H and O–H groups in total. The number of amides is 2. The molecule has 4 aromatic rings. The van der Waals surface area contributed by atoms with E-state index in [4.69, 9.17) is 9.47 Å². The van der Waals surface area contributed by atoms with Gasteiger partial charge in [-0.3, -0.25) is 4.79 Å². The van der Waals surface area contributed by atoms with Gasteiger partial charge in [0, 0.05) is 42.9 Å². The minimum Gasteiger partial charge on any atom is -0.444 e. The Hall–Kier alpha value is -4.62. The number of unbranched alkanes of at least 4 members (excludes halogenated alkanes) is 1. The first-order chi connectivity index (χ1) is 25.8. The summed E-state index contributed by atoms with van der Waals surface area (Å²) in [6.45, 7) is 6.78. The number of anilines is 1. The van der Waals surface area contributed by atoms with Crippen molar-refractivity contribution in [2.75, 3.05) is 31.6 Å². The molecule has 2 atom stereocenters. The summed E-state index contributed by atoms with van der Waals surface area (Å²) in [5, 5.41) is 12.7. The molecule has 0 saturated carbocycles. The second-order valence-corrected chi connectivity index (χ2v) is 15.7. The van der Waals surface area contributed by atoms with Crippen molar-refractivity contribution in [3.05, 3.63) is 132 Å². The smallest absolute Gasteiger partial charge is 0.410 e. The van der Waals surface area contributed by atoms with Crippen LogP contribution in [0, 0.1) is 5.82 Å². The van der Waals surface area contributed by atoms with E-state index in [0.717, 1.165) is 24.0 Å². The molecule has 290 valence electrons. The zero-order valence-electron chi connectivity index (χ0n) is 31.4. The van der Waals surface area contributed by atoms with E-state index in [-0.39, 0.29) is 42.1 Å². The minimum absolute atomic E-state index is 0.0142. The molecule has 0 fully saturated rings. The highest BCUT2D eigenvalue weighted by Gasteiger charge is 2.33. The molecule has 0 heterocycles. The van der Waals surface area contributed by atoms with Crippen LogP contribution in [0.2, 0.25) is 0 Å². The predicted octanol–water partition coefficient (Wildman–Crippen LogP) is 7.29. The summed E-state index contributed by atoms with van der Waals surface area (Å²) in [5.74, 6) is -1.53. The molecular formula is C42H52FN3O7S. The zero-order chi connectivity index (χ0) is 39.1. The van der Waals surface area contributed by atoms with E-state index in [0.29, 0.717) is 6.61 Å². The van der Waals surface area contributed by atoms with Gasteiger partial charge in [-0.2, -0.15) is 0 Å². The largest absolute Gasteiger partial charge is 0.444 e. The summed E-state index contributed by atoms with van der Waals surface area (Å²) >= 11 is 0. The molecule has 0 radical (unpaired) electrons. The fourth-order valence-corrected chi connectivity index (χ4v) is 7.32. The first-order valence-electron chi connectivity index (χ1n) is 18.3. The van der Waals surface area contributed by atoms with Crippen LogP contribution in [0.1, 0.15) is 69.6 Å². The monoisotopic (exact) mass is 761 g/mol. The van der Waals surface area contributed by atoms with Crippen molar-refractivity contribution < 1.29 is 37.0 Å². The lowest BCUT2D eigenvalue weighted by atomic mass is 9.86. The predicted molar refractivity (Wildman–Crippen MR) is 208 cm³/mol. The van der Waals surface area contributed by atoms with Crippen molar-refractivity contribution in [1.29, 1.82) is 0 Å². The third kappa shape index (κ3) is 12.5. The number of hydrogen-bond acceptors (Lipinski definition) is 7. The van der Waals surface area contributed by atoms with Crippen molar-refractivity contribution >= 4 is 27.7 Å². The van der Waals surface area contributed by atoms with Crippen LogP contribution in [-0.2, 0) is 30.7 Å². The van der Waals surface area contributed by atoms with Gasteiger partial charge >= 0.3 is 6.09 Å². The molecule has 0 spiro atoms. The van der Waals surface area contributed by atoms with Crippen LogP contribution in [0.15, 0.2) is 114 Å². The molecule has 0 aliphatic heterocycles. The average Bonchev–Trinajstić information content (AvgIpc) is 3.14. The van der Waals surface area contributed by atoms with Gasteiger partial charge in [-0.25, -0.2) is 22.3 Å². The Kier molecular flexibility index (Phi) is 15.7. The number of rotatable bonds is 19. The Balaban J connectivity index is 1.66. The summed E-state index contributed by atoms with van der Waals surface area (Å²) in [6, 6.07) is 30.4. The molecule has 0 aliphatic carbocycles. The van der Waals surface area contributed by atoms with Gasteiger partial charge in [0.05, 0.1) is 11.5 Å². The lowest BCUT2D eigenvalue weighted by molar-refractivity contribution is -0.128. The molecule has 12 heteroatoms. The maximum absolute atomic E-state index is 15.8. The number of benzene rings is 4. The van der Waals surface area contributed by atoms with Crippen molar-refractivity contribution in [2.24, 2.45) is 0 Å². The van der Waals surface area contributed by atoms with Crippen LogP contribution in [0.3, 0.4) is 0 Å². The molecule has 1 unspecified atom stereocenters. The Morgan fingerprint density at radius 2 is 1.46 bits per heavy atom. The van der Waals surface area contributed by atoms with Crippen molar-refractivity contribution in [3.8, 4) is 0 Å². The second-order valence-electron chi connectivity index (χ2n) is 14.0. The van der Waals surface area contributed by atoms with Crippen LogP contribution in [0.4, 0.5) is 14.9 Å². The van der Waals surface area contributed by atoms with Gasteiger partial charge in [0.1, 0.15) is 17.5 Å². The SMILES string of the molecule is CCCCOC(C(=O)Nc1cccc(F)c1CC[C@@H](CN(CCO)C(=O)OC(C)(C)C)NS(=O)(=O)c1ccccc1)C(c1ccccc1)c1ccccc1. The number of aliphatic hydroxyl groups excluding tert-OH is 1. The summed E-state index contributed by atoms with van der Waals surface area (Å²) in [6.07, 6.45) is -0.102. The lowest BCUT2D eigenvalue weighted by Gasteiger charge is -2.30. The van der Waals surface area contributed by atoms with E-state index >= 15 is 4.39 Å². The number of halogens is 1. The first kappa shape index (κ1) is 42.1. The normalized spacial score (nSPS) is 12.9. The highest BCUT2D eigenvalue weighted by atomic mass is 32.2. The highest BCUT2D eigenvalue weighted by molar-refractivity contribution is 7.89. The van der Waals surface area contributed by atoms with Crippen LogP contribution >= 0.6 is 0 Å². The average molecular weight is 762 g/mol. The van der Waals surface area contributed by atoms with Gasteiger partial charge in [-0.05, 0) is 75.4 Å². The number of nitrogens with one attached hydrogen (secondary N) is 2. The quantitative estimate of drug-likeness (QED) is 0.0855. The van der Waals surface area contributed by atoms with Gasteiger partial charge in [0.2, 0.25) is 10.0 Å². The Bertz CT molecular complexity index is 1840. The molecule has 4 rings (SSSR count). The van der Waals surface area contributed by atoms with Crippen molar-refractivity contribution in [2.45, 2.75) is 81.9 Å². The number of nitrogens with zero attached hydrogens (tertiary/aromatic N) is 1. The molecule has 54 heavy (non-hydrogen) atoms. The Morgan fingerprint density at radius 1 is 0.870 bits per heavy atom. The van der Waals surface area contributed by atoms with Crippen LogP contribution in [-0.4, -0.2) is 74.5 Å². The molecular weight excluding hydrogens is 710 g/mol. The molecule has 4 aromatic carbocycles. The summed E-state index contributed by atoms with van der Waals surface area (Å²) < 4.78 is 57.3. The van der Waals surface area contributed by atoms with Gasteiger partial charge in [0.15, 0.2) is 0 Å². The van der Waals surface area contributed by atoms with Gasteiger partial charge in [0.25, 0.3) is 5.91 Å². The van der Waals surface area contributed by atoms with Crippen LogP contribution < -0.4 is 10.0 Å². The van der Waals surface area contributed by atoms with Crippen LogP contribution in [0.5, 0.6) is 0 Å². The maximum atomic E-state index is 15.8. The second kappa shape index (κ2) is 20.2. The van der Waals surface area contributed by atoms with E-state index < -0.39 is 58.1 Å². The Morgan fingerprint density at radius 3 is 2.02 bits per heavy atom. The standard InChI is InChI=1S/C42H52FN3O7S/c1-5-6-29-52-39(38(31-17-10-7-11-18-31)32-19-12-8-13-20-32)40(48)44-37-24-16-23-36(43)35(37)26-25-33(45-54(50,51)34-21-14-9-15-22-34)30-46(27-28-47)41(49)53-42(2,3)4/h7-24,33,38-39,45,47H,5-6,25-30H2,1-4H3,(H,44,48)/t33-,39?/m0/s1. The van der Waals surface area contributed by atoms with E-state index in [1.807, 2.05) is 67.6 Å². The van der Waals surface area contributed by atoms with Gasteiger partial charge in [-0.15, -0.1) is 0 Å². The molecule has 0 bridgehead atoms. The summed E-state index contributed by atoms with van der Waals surface area (Å²) in [7, 11) is -4.08. The summed E-state index contributed by atoms with van der Waals surface area (Å²) in [4.78, 5) is 28.7. The van der Waals surface area contributed by atoms with Crippen molar-refractivity contribution in [1.82, 2.24) is 9.62 Å². The van der Waals surface area contributed by atoms with E-state index in [1.165, 1.54) is 29.2 Å². The number of hydrogen-bond donors (Lipinski definition) is 3. The van der Waals surface area contributed by atoms with E-state index in [1.54, 1.807) is 45.0 Å². The number of sulfonamides is 1. The van der Waals surface area contributed by atoms with E-state index in [9.17, 15) is 23.1 Å².